The number of nitrogens with zero attached hydrogens (tertiary/aromatic N) is 3. The molecule has 422 valence electrons. The van der Waals surface area contributed by atoms with Crippen molar-refractivity contribution < 1.29 is 64.0 Å². The van der Waals surface area contributed by atoms with Crippen molar-refractivity contribution in [1.29, 1.82) is 0 Å². The summed E-state index contributed by atoms with van der Waals surface area (Å²) >= 11 is 1.32. The minimum absolute atomic E-state index is 0.0188. The molecule has 0 bridgehead atoms. The summed E-state index contributed by atoms with van der Waals surface area (Å²) in [5.74, 6) is -0.530. The van der Waals surface area contributed by atoms with Gasteiger partial charge in [0.05, 0.1) is 29.3 Å². The van der Waals surface area contributed by atoms with Crippen LogP contribution in [0.3, 0.4) is 0 Å². The molecule has 0 saturated carbocycles. The van der Waals surface area contributed by atoms with Gasteiger partial charge in [-0.25, -0.2) is 9.36 Å². The second-order valence-corrected chi connectivity index (χ2v) is 20.1. The summed E-state index contributed by atoms with van der Waals surface area (Å²) in [6.07, 6.45) is 0.803. The summed E-state index contributed by atoms with van der Waals surface area (Å²) in [6, 6.07) is 37.9. The number of carboxylic acid groups (broad SMARTS) is 2. The molecule has 8 N–H and O–H groups in total. The van der Waals surface area contributed by atoms with Crippen LogP contribution in [0.1, 0.15) is 78.7 Å². The van der Waals surface area contributed by atoms with Crippen LogP contribution in [0.2, 0.25) is 0 Å². The molecule has 0 unspecified atom stereocenters. The van der Waals surface area contributed by atoms with Gasteiger partial charge in [0.1, 0.15) is 53.3 Å². The average molecular weight is 1130 g/mol. The summed E-state index contributed by atoms with van der Waals surface area (Å²) in [6.45, 7) is 11.9. The SMILES string of the molecule is Cc1c(C(N)=O)c(O)n(-c2ccccc2C(=O)O)c(=O)c1N=Nc1ccc(OCCOc2cc(C(C)C)c(O)c3ccccc23)cc1.Cc1cc(OCCSCC(=O)O)c2c(C)cccc2c1O.Cc1ccc2c(C=O)cccc2c1O. The molecule has 9 rings (SSSR count). The van der Waals surface area contributed by atoms with Crippen molar-refractivity contribution >= 4 is 79.6 Å². The second kappa shape index (κ2) is 26.9. The van der Waals surface area contributed by atoms with Crippen molar-refractivity contribution in [2.75, 3.05) is 31.3 Å². The van der Waals surface area contributed by atoms with Gasteiger partial charge in [-0.1, -0.05) is 98.8 Å². The number of aldehydes is 1. The van der Waals surface area contributed by atoms with Gasteiger partial charge in [-0.3, -0.25) is 19.2 Å². The number of aromatic nitrogens is 1. The van der Waals surface area contributed by atoms with E-state index >= 15 is 0 Å². The number of aromatic hydroxyl groups is 4. The zero-order valence-electron chi connectivity index (χ0n) is 45.7. The van der Waals surface area contributed by atoms with Crippen molar-refractivity contribution in [3.8, 4) is 46.1 Å². The number of phenolic OH excluding ortho intramolecular Hbond substituents is 3. The number of nitrogens with two attached hydrogens (primary N) is 1. The Hall–Kier alpha value is -9.88. The van der Waals surface area contributed by atoms with Crippen molar-refractivity contribution in [2.24, 2.45) is 16.0 Å². The van der Waals surface area contributed by atoms with Gasteiger partial charge in [0.25, 0.3) is 11.5 Å². The third kappa shape index (κ3) is 13.6. The van der Waals surface area contributed by atoms with Gasteiger partial charge in [-0.2, -0.15) is 5.11 Å². The van der Waals surface area contributed by atoms with E-state index in [0.717, 1.165) is 66.6 Å². The minimum atomic E-state index is -1.35. The number of hydrogen-bond acceptors (Lipinski definition) is 15. The smallest absolute Gasteiger partial charge is 0.337 e. The standard InChI is InChI=1S/C35H32N4O8.C16H18O4S.C12H10O2/c1-19(2)26-18-28(23-8-4-5-9-24(23)31(26)40)47-17-16-46-22-14-12-21(13-15-22)37-38-30-20(3)29(32(36)41)33(42)39(34(30)43)27-11-7-6-10-25(27)35(44)45;1-10-4-3-5-12-15(10)13(8-11(2)16(12)19)20-6-7-21-9-14(17)18;1-8-5-6-10-9(7-13)3-2-4-11(10)12(8)14/h4-15,18-19,40,42H,16-17H2,1-3H3,(H2,36,41)(H,44,45);3-5,8,19H,6-7,9H2,1-2H3,(H,17,18);2-7,14H,1H3. The Labute approximate surface area is 475 Å². The molecule has 82 heavy (non-hydrogen) atoms. The molecule has 18 nitrogen and oxygen atoms in total. The number of pyridine rings is 1. The molecule has 0 radical (unpaired) electrons. The Morgan fingerprint density at radius 3 is 1.95 bits per heavy atom. The van der Waals surface area contributed by atoms with Crippen molar-refractivity contribution in [2.45, 2.75) is 47.5 Å². The van der Waals surface area contributed by atoms with Crippen LogP contribution < -0.4 is 25.5 Å². The van der Waals surface area contributed by atoms with E-state index in [4.69, 9.17) is 25.1 Å². The van der Waals surface area contributed by atoms with Gasteiger partial charge in [0.15, 0.2) is 12.0 Å². The third-order valence-corrected chi connectivity index (χ3v) is 14.0. The van der Waals surface area contributed by atoms with E-state index in [1.807, 2.05) is 107 Å². The van der Waals surface area contributed by atoms with Crippen molar-refractivity contribution in [3.63, 3.8) is 0 Å². The predicted molar refractivity (Wildman–Crippen MR) is 317 cm³/mol. The van der Waals surface area contributed by atoms with Crippen LogP contribution in [0.4, 0.5) is 11.4 Å². The molecule has 8 aromatic carbocycles. The molecule has 0 aliphatic carbocycles. The van der Waals surface area contributed by atoms with Gasteiger partial charge >= 0.3 is 11.9 Å². The first-order valence-electron chi connectivity index (χ1n) is 25.7. The van der Waals surface area contributed by atoms with E-state index in [1.165, 1.54) is 43.0 Å². The van der Waals surface area contributed by atoms with E-state index in [0.29, 0.717) is 39.7 Å². The van der Waals surface area contributed by atoms with Crippen molar-refractivity contribution in [1.82, 2.24) is 4.57 Å². The molecule has 1 amide bonds. The number of phenols is 3. The van der Waals surface area contributed by atoms with E-state index < -0.39 is 34.8 Å². The van der Waals surface area contributed by atoms with E-state index in [9.17, 15) is 49.5 Å². The number of aryl methyl sites for hydroxylation is 3. The van der Waals surface area contributed by atoms with Crippen LogP contribution in [0, 0.1) is 27.7 Å². The lowest BCUT2D eigenvalue weighted by molar-refractivity contribution is -0.133. The number of hydrogen-bond donors (Lipinski definition) is 7. The summed E-state index contributed by atoms with van der Waals surface area (Å²) in [5, 5.41) is 72.6. The number of azo groups is 1. The molecule has 0 atom stereocenters. The highest BCUT2D eigenvalue weighted by Gasteiger charge is 2.26. The maximum absolute atomic E-state index is 13.5. The van der Waals surface area contributed by atoms with Crippen LogP contribution in [0.25, 0.3) is 38.0 Å². The molecule has 0 spiro atoms. The third-order valence-electron chi connectivity index (χ3n) is 13.1. The average Bonchev–Trinajstić information content (AvgIpc) is 3.65. The van der Waals surface area contributed by atoms with Crippen LogP contribution in [-0.2, 0) is 4.79 Å². The second-order valence-electron chi connectivity index (χ2n) is 19.0. The van der Waals surface area contributed by atoms with Crippen molar-refractivity contribution in [3.05, 3.63) is 188 Å². The summed E-state index contributed by atoms with van der Waals surface area (Å²) in [4.78, 5) is 58.7. The zero-order chi connectivity index (χ0) is 59.4. The Balaban J connectivity index is 0.000000224. The molecule has 0 saturated heterocycles. The molecule has 9 aromatic rings. The Morgan fingerprint density at radius 1 is 0.646 bits per heavy atom. The topological polar surface area (TPSA) is 290 Å². The largest absolute Gasteiger partial charge is 0.507 e. The molecular weight excluding hydrogens is 1070 g/mol. The van der Waals surface area contributed by atoms with E-state index in [-0.39, 0.29) is 64.6 Å². The van der Waals surface area contributed by atoms with Gasteiger partial charge < -0.3 is 50.6 Å². The number of para-hydroxylation sites is 1. The molecule has 0 aliphatic rings. The number of benzene rings is 8. The number of fused-ring (bicyclic) bond motifs is 3. The van der Waals surface area contributed by atoms with Crippen LogP contribution in [-0.4, -0.2) is 90.7 Å². The highest BCUT2D eigenvalue weighted by molar-refractivity contribution is 7.99. The predicted octanol–water partition coefficient (Wildman–Crippen LogP) is 12.5. The number of rotatable bonds is 18. The number of amides is 1. The molecule has 0 aliphatic heterocycles. The summed E-state index contributed by atoms with van der Waals surface area (Å²) < 4.78 is 18.3. The van der Waals surface area contributed by atoms with E-state index in [2.05, 4.69) is 10.2 Å². The molecular formula is C63H60N4O14S. The fraction of sp³-hybridized carbons (Fsp3) is 0.190. The summed E-state index contributed by atoms with van der Waals surface area (Å²) in [7, 11) is 0. The van der Waals surface area contributed by atoms with Crippen LogP contribution >= 0.6 is 11.8 Å². The Kier molecular flexibility index (Phi) is 19.6. The highest BCUT2D eigenvalue weighted by atomic mass is 32.2. The number of aliphatic carboxylic acids is 1. The molecule has 0 fully saturated rings. The Morgan fingerprint density at radius 2 is 1.27 bits per heavy atom. The maximum Gasteiger partial charge on any atom is 0.337 e. The number of thioether (sulfide) groups is 1. The first-order chi connectivity index (χ1) is 39.2. The van der Waals surface area contributed by atoms with Gasteiger partial charge in [0.2, 0.25) is 5.88 Å². The lowest BCUT2D eigenvalue weighted by atomic mass is 9.97. The quantitative estimate of drug-likeness (QED) is 0.0239. The van der Waals surface area contributed by atoms with Crippen LogP contribution in [0.5, 0.6) is 40.4 Å². The highest BCUT2D eigenvalue weighted by Crippen LogP contribution is 2.40. The first kappa shape index (κ1) is 59.8. The monoisotopic (exact) mass is 1130 g/mol. The summed E-state index contributed by atoms with van der Waals surface area (Å²) in [5.41, 5.74) is 7.78. The minimum Gasteiger partial charge on any atom is -0.507 e. The molecule has 1 aromatic heterocycles. The van der Waals surface area contributed by atoms with Gasteiger partial charge in [0, 0.05) is 49.4 Å². The zero-order valence-corrected chi connectivity index (χ0v) is 46.5. The number of carboxylic acids is 2. The lowest BCUT2D eigenvalue weighted by Crippen LogP contribution is -2.25. The number of ether oxygens (including phenoxy) is 3. The first-order valence-corrected chi connectivity index (χ1v) is 26.8. The molecule has 1 heterocycles. The fourth-order valence-electron chi connectivity index (χ4n) is 8.98. The van der Waals surface area contributed by atoms with Crippen LogP contribution in [0.15, 0.2) is 148 Å². The number of carbonyl (C=O) groups excluding carboxylic acids is 2. The van der Waals surface area contributed by atoms with E-state index in [1.54, 1.807) is 36.4 Å². The normalized spacial score (nSPS) is 11.0. The Bertz CT molecular complexity index is 3970. The molecule has 19 heteroatoms. The maximum atomic E-state index is 13.5. The fourth-order valence-corrected chi connectivity index (χ4v) is 9.50. The number of aromatic carboxylic acids is 1. The number of primary amides is 1. The lowest BCUT2D eigenvalue weighted by Gasteiger charge is -2.16. The number of carbonyl (C=O) groups is 4. The van der Waals surface area contributed by atoms with Gasteiger partial charge in [-0.05, 0) is 104 Å². The van der Waals surface area contributed by atoms with Gasteiger partial charge in [-0.15, -0.1) is 16.9 Å².